The zero-order valence-corrected chi connectivity index (χ0v) is 15.3. The first-order chi connectivity index (χ1) is 12.2. The minimum absolute atomic E-state index is 0.00358. The van der Waals surface area contributed by atoms with Gasteiger partial charge in [0.05, 0.1) is 12.7 Å². The van der Waals surface area contributed by atoms with Crippen LogP contribution in [-0.4, -0.2) is 66.2 Å². The Labute approximate surface area is 149 Å². The molecule has 7 heteroatoms. The number of hydrogen-bond donors (Lipinski definition) is 1. The van der Waals surface area contributed by atoms with Crippen molar-refractivity contribution in [1.29, 1.82) is 0 Å². The van der Waals surface area contributed by atoms with E-state index in [0.29, 0.717) is 26.2 Å². The number of anilines is 2. The Kier molecular flexibility index (Phi) is 6.07. The fourth-order valence-electron chi connectivity index (χ4n) is 3.34. The topological polar surface area (TPSA) is 70.6 Å². The van der Waals surface area contributed by atoms with E-state index in [4.69, 9.17) is 14.7 Å². The van der Waals surface area contributed by atoms with Crippen molar-refractivity contribution in [1.82, 2.24) is 14.9 Å². The largest absolute Gasteiger partial charge is 0.373 e. The highest BCUT2D eigenvalue weighted by Crippen LogP contribution is 2.19. The van der Waals surface area contributed by atoms with Crippen LogP contribution < -0.4 is 10.2 Å². The average Bonchev–Trinajstić information content (AvgIpc) is 2.67. The van der Waals surface area contributed by atoms with Gasteiger partial charge in [0, 0.05) is 51.4 Å². The molecular formula is C18H29N5O2. The van der Waals surface area contributed by atoms with Crippen molar-refractivity contribution in [3.05, 3.63) is 11.8 Å². The van der Waals surface area contributed by atoms with Crippen LogP contribution in [0.5, 0.6) is 0 Å². The molecule has 1 aromatic heterocycles. The highest BCUT2D eigenvalue weighted by atomic mass is 16.5. The van der Waals surface area contributed by atoms with E-state index in [2.05, 4.69) is 17.1 Å². The summed E-state index contributed by atoms with van der Waals surface area (Å²) < 4.78 is 5.77. The molecule has 25 heavy (non-hydrogen) atoms. The molecule has 1 amide bonds. The summed E-state index contributed by atoms with van der Waals surface area (Å²) in [6, 6.07) is 2.01. The van der Waals surface area contributed by atoms with Crippen molar-refractivity contribution in [3.8, 4) is 0 Å². The Morgan fingerprint density at radius 3 is 2.80 bits per heavy atom. The second-order valence-corrected chi connectivity index (χ2v) is 6.78. The van der Waals surface area contributed by atoms with Gasteiger partial charge in [-0.05, 0) is 25.7 Å². The maximum Gasteiger partial charge on any atom is 0.227 e. The summed E-state index contributed by atoms with van der Waals surface area (Å²) in [4.78, 5) is 25.1. The summed E-state index contributed by atoms with van der Waals surface area (Å²) >= 11 is 0. The van der Waals surface area contributed by atoms with Crippen LogP contribution in [0, 0.1) is 0 Å². The van der Waals surface area contributed by atoms with Gasteiger partial charge >= 0.3 is 0 Å². The average molecular weight is 347 g/mol. The zero-order valence-electron chi connectivity index (χ0n) is 15.3. The summed E-state index contributed by atoms with van der Waals surface area (Å²) in [5.41, 5.74) is 1.05. The predicted molar refractivity (Wildman–Crippen MR) is 98.0 cm³/mol. The van der Waals surface area contributed by atoms with Crippen molar-refractivity contribution in [2.45, 2.75) is 45.6 Å². The van der Waals surface area contributed by atoms with Crippen LogP contribution in [0.4, 0.5) is 11.8 Å². The van der Waals surface area contributed by atoms with Gasteiger partial charge in [0.2, 0.25) is 11.9 Å². The molecule has 1 atom stereocenters. The summed E-state index contributed by atoms with van der Waals surface area (Å²) in [7, 11) is 0. The van der Waals surface area contributed by atoms with Gasteiger partial charge in [-0.2, -0.15) is 4.98 Å². The number of nitrogens with zero attached hydrogens (tertiary/aromatic N) is 4. The number of aromatic nitrogens is 2. The minimum atomic E-state index is -0.00358. The Hall–Kier alpha value is -1.89. The summed E-state index contributed by atoms with van der Waals surface area (Å²) in [6.45, 7) is 8.33. The summed E-state index contributed by atoms with van der Waals surface area (Å²) in [6.07, 6.45) is 4.59. The fourth-order valence-corrected chi connectivity index (χ4v) is 3.34. The molecule has 1 N–H and O–H groups in total. The molecule has 3 heterocycles. The molecule has 2 aliphatic rings. The van der Waals surface area contributed by atoms with E-state index in [1.54, 1.807) is 6.92 Å². The fraction of sp³-hybridized carbons (Fsp3) is 0.722. The van der Waals surface area contributed by atoms with E-state index in [1.807, 2.05) is 11.0 Å². The van der Waals surface area contributed by atoms with E-state index >= 15 is 0 Å². The Bertz CT molecular complexity index is 589. The zero-order chi connectivity index (χ0) is 17.6. The van der Waals surface area contributed by atoms with E-state index in [1.165, 1.54) is 19.3 Å². The predicted octanol–water partition coefficient (Wildman–Crippen LogP) is 1.69. The molecule has 0 saturated carbocycles. The maximum atomic E-state index is 11.5. The van der Waals surface area contributed by atoms with Crippen LogP contribution in [0.2, 0.25) is 0 Å². The minimum Gasteiger partial charge on any atom is -0.373 e. The molecule has 7 nitrogen and oxygen atoms in total. The molecule has 0 aliphatic carbocycles. The molecule has 3 rings (SSSR count). The number of carbonyl (C=O) groups is 1. The van der Waals surface area contributed by atoms with E-state index in [9.17, 15) is 4.79 Å². The lowest BCUT2D eigenvalue weighted by Gasteiger charge is -2.32. The molecule has 2 aliphatic heterocycles. The quantitative estimate of drug-likeness (QED) is 0.874. The maximum absolute atomic E-state index is 11.5. The Morgan fingerprint density at radius 2 is 2.08 bits per heavy atom. The highest BCUT2D eigenvalue weighted by Gasteiger charge is 2.22. The van der Waals surface area contributed by atoms with Gasteiger partial charge in [0.15, 0.2) is 0 Å². The monoisotopic (exact) mass is 347 g/mol. The summed E-state index contributed by atoms with van der Waals surface area (Å²) in [5.74, 6) is 1.78. The first-order valence-electron chi connectivity index (χ1n) is 9.39. The van der Waals surface area contributed by atoms with Crippen LogP contribution in [0.3, 0.4) is 0 Å². The molecule has 138 valence electrons. The number of hydrogen-bond acceptors (Lipinski definition) is 6. The third-order valence-corrected chi connectivity index (χ3v) is 4.86. The molecular weight excluding hydrogens is 318 g/mol. The molecule has 2 saturated heterocycles. The van der Waals surface area contributed by atoms with Crippen LogP contribution in [0.25, 0.3) is 0 Å². The number of ether oxygens (including phenoxy) is 1. The molecule has 0 spiro atoms. The van der Waals surface area contributed by atoms with Crippen molar-refractivity contribution in [2.75, 3.05) is 49.5 Å². The number of nitrogens with one attached hydrogen (secondary N) is 1. The molecule has 0 radical (unpaired) electrons. The molecule has 0 aromatic carbocycles. The normalized spacial score (nSPS) is 21.3. The van der Waals surface area contributed by atoms with Crippen molar-refractivity contribution < 1.29 is 9.53 Å². The number of rotatable bonds is 5. The van der Waals surface area contributed by atoms with Gasteiger partial charge < -0.3 is 19.9 Å². The van der Waals surface area contributed by atoms with Crippen LogP contribution in [0.1, 0.15) is 38.8 Å². The lowest BCUT2D eigenvalue weighted by atomic mass is 10.1. The van der Waals surface area contributed by atoms with Crippen molar-refractivity contribution in [2.24, 2.45) is 0 Å². The van der Waals surface area contributed by atoms with Gasteiger partial charge in [-0.3, -0.25) is 4.79 Å². The molecule has 0 bridgehead atoms. The number of morpholine rings is 1. The van der Waals surface area contributed by atoms with E-state index < -0.39 is 0 Å². The first kappa shape index (κ1) is 17.9. The smallest absolute Gasteiger partial charge is 0.227 e. The van der Waals surface area contributed by atoms with E-state index in [0.717, 1.165) is 37.0 Å². The Morgan fingerprint density at radius 1 is 1.28 bits per heavy atom. The second-order valence-electron chi connectivity index (χ2n) is 6.78. The van der Waals surface area contributed by atoms with Crippen molar-refractivity contribution >= 4 is 17.7 Å². The van der Waals surface area contributed by atoms with Gasteiger partial charge in [0.1, 0.15) is 5.82 Å². The van der Waals surface area contributed by atoms with Crippen LogP contribution in [0.15, 0.2) is 6.07 Å². The van der Waals surface area contributed by atoms with Gasteiger partial charge in [-0.1, -0.05) is 6.92 Å². The van der Waals surface area contributed by atoms with Crippen molar-refractivity contribution in [3.63, 3.8) is 0 Å². The lowest BCUT2D eigenvalue weighted by Crippen LogP contribution is -2.47. The molecule has 2 fully saturated rings. The lowest BCUT2D eigenvalue weighted by molar-refractivity contribution is -0.135. The van der Waals surface area contributed by atoms with Crippen LogP contribution in [-0.2, 0) is 16.0 Å². The second kappa shape index (κ2) is 8.47. The number of piperidine rings is 1. The number of aryl methyl sites for hydroxylation is 1. The van der Waals surface area contributed by atoms with Gasteiger partial charge in [-0.25, -0.2) is 4.98 Å². The number of carbonyl (C=O) groups excluding carboxylic acids is 1. The molecule has 1 aromatic rings. The standard InChI is InChI=1S/C18H29N5O2/c1-3-15-11-17(21-18(20-15)22-7-5-4-6-8-22)19-12-16-13-23(14(2)24)9-10-25-16/h11,16H,3-10,12-13H2,1-2H3,(H,19,20,21). The number of amides is 1. The van der Waals surface area contributed by atoms with E-state index in [-0.39, 0.29) is 12.0 Å². The Balaban J connectivity index is 1.64. The third-order valence-electron chi connectivity index (χ3n) is 4.86. The first-order valence-corrected chi connectivity index (χ1v) is 9.39. The molecule has 1 unspecified atom stereocenters. The van der Waals surface area contributed by atoms with Gasteiger partial charge in [-0.15, -0.1) is 0 Å². The SMILES string of the molecule is CCc1cc(NCC2CN(C(C)=O)CCO2)nc(N2CCCCC2)n1. The van der Waals surface area contributed by atoms with Crippen LogP contribution >= 0.6 is 0 Å². The summed E-state index contributed by atoms with van der Waals surface area (Å²) in [5, 5.41) is 3.39. The van der Waals surface area contributed by atoms with Gasteiger partial charge in [0.25, 0.3) is 0 Å². The highest BCUT2D eigenvalue weighted by molar-refractivity contribution is 5.73. The third kappa shape index (κ3) is 4.81.